The van der Waals surface area contributed by atoms with E-state index in [1.54, 1.807) is 13.2 Å². The van der Waals surface area contributed by atoms with Crippen LogP contribution in [0.2, 0.25) is 0 Å². The maximum Gasteiger partial charge on any atom is 0.339 e. The summed E-state index contributed by atoms with van der Waals surface area (Å²) in [4.78, 5) is 36.4. The average molecular weight is 413 g/mol. The van der Waals surface area contributed by atoms with Crippen LogP contribution in [0.3, 0.4) is 0 Å². The Kier molecular flexibility index (Phi) is 6.01. The highest BCUT2D eigenvalue weighted by Crippen LogP contribution is 2.32. The molecular formula is C23H27NO6. The first-order valence-electron chi connectivity index (χ1n) is 10.1. The Morgan fingerprint density at radius 3 is 2.47 bits per heavy atom. The van der Waals surface area contributed by atoms with Gasteiger partial charge in [-0.1, -0.05) is 20.3 Å². The molecule has 2 aromatic heterocycles. The van der Waals surface area contributed by atoms with Gasteiger partial charge in [-0.05, 0) is 50.3 Å². The van der Waals surface area contributed by atoms with Crippen LogP contribution in [0, 0.1) is 26.7 Å². The minimum Gasteiger partial charge on any atom is -0.480 e. The summed E-state index contributed by atoms with van der Waals surface area (Å²) in [6, 6.07) is 0.999. The van der Waals surface area contributed by atoms with Gasteiger partial charge in [0, 0.05) is 28.3 Å². The van der Waals surface area contributed by atoms with Crippen molar-refractivity contribution in [3.05, 3.63) is 45.0 Å². The third-order valence-corrected chi connectivity index (χ3v) is 5.93. The molecule has 0 aliphatic carbocycles. The molecular weight excluding hydrogens is 386 g/mol. The van der Waals surface area contributed by atoms with E-state index in [1.807, 2.05) is 33.8 Å². The molecule has 2 atom stereocenters. The Morgan fingerprint density at radius 1 is 1.13 bits per heavy atom. The Bertz CT molecular complexity index is 1190. The highest BCUT2D eigenvalue weighted by Gasteiger charge is 2.25. The number of carbonyl (C=O) groups is 2. The Labute approximate surface area is 174 Å². The van der Waals surface area contributed by atoms with Crippen LogP contribution in [0.15, 0.2) is 26.0 Å². The van der Waals surface area contributed by atoms with Gasteiger partial charge >= 0.3 is 11.6 Å². The quantitative estimate of drug-likeness (QED) is 0.566. The van der Waals surface area contributed by atoms with Crippen LogP contribution >= 0.6 is 0 Å². The fourth-order valence-corrected chi connectivity index (χ4v) is 3.77. The van der Waals surface area contributed by atoms with E-state index in [-0.39, 0.29) is 18.8 Å². The second-order valence-electron chi connectivity index (χ2n) is 7.94. The SMILES string of the molecule is CC[C@@H](C)[C@H](NC(=O)CCc1c(C)c2cc3c(C)coc3c(C)c2oc1=O)C(=O)O. The van der Waals surface area contributed by atoms with Gasteiger partial charge in [0.2, 0.25) is 5.91 Å². The first kappa shape index (κ1) is 21.6. The highest BCUT2D eigenvalue weighted by atomic mass is 16.4. The zero-order valence-electron chi connectivity index (χ0n) is 17.9. The van der Waals surface area contributed by atoms with Crippen molar-refractivity contribution in [2.45, 2.75) is 59.9 Å². The predicted octanol–water partition coefficient (Wildman–Crippen LogP) is 4.01. The number of nitrogens with one attached hydrogen (secondary N) is 1. The number of carboxylic acids is 1. The number of aryl methyl sites for hydroxylation is 3. The van der Waals surface area contributed by atoms with Crippen LogP contribution < -0.4 is 10.9 Å². The molecule has 0 unspecified atom stereocenters. The summed E-state index contributed by atoms with van der Waals surface area (Å²) in [6.45, 7) is 9.29. The molecule has 1 amide bonds. The first-order chi connectivity index (χ1) is 14.1. The maximum absolute atomic E-state index is 12.6. The van der Waals surface area contributed by atoms with Gasteiger partial charge in [-0.2, -0.15) is 0 Å². The van der Waals surface area contributed by atoms with Crippen molar-refractivity contribution in [1.29, 1.82) is 0 Å². The summed E-state index contributed by atoms with van der Waals surface area (Å²) in [5.41, 5.74) is 3.62. The number of hydrogen-bond donors (Lipinski definition) is 2. The summed E-state index contributed by atoms with van der Waals surface area (Å²) in [7, 11) is 0. The molecule has 1 aromatic carbocycles. The van der Waals surface area contributed by atoms with Crippen LogP contribution in [0.25, 0.3) is 21.9 Å². The molecule has 2 N–H and O–H groups in total. The number of furan rings is 1. The topological polar surface area (TPSA) is 110 Å². The summed E-state index contributed by atoms with van der Waals surface area (Å²) in [5, 5.41) is 13.7. The third kappa shape index (κ3) is 3.84. The van der Waals surface area contributed by atoms with Crippen LogP contribution in [-0.4, -0.2) is 23.0 Å². The van der Waals surface area contributed by atoms with Crippen LogP contribution in [0.5, 0.6) is 0 Å². The Balaban J connectivity index is 1.90. The van der Waals surface area contributed by atoms with Crippen LogP contribution in [-0.2, 0) is 16.0 Å². The molecule has 7 nitrogen and oxygen atoms in total. The number of hydrogen-bond acceptors (Lipinski definition) is 5. The van der Waals surface area contributed by atoms with Crippen LogP contribution in [0.1, 0.15) is 48.9 Å². The van der Waals surface area contributed by atoms with Crippen LogP contribution in [0.4, 0.5) is 0 Å². The minimum atomic E-state index is -1.06. The van der Waals surface area contributed by atoms with E-state index in [9.17, 15) is 19.5 Å². The number of rotatable bonds is 7. The second-order valence-corrected chi connectivity index (χ2v) is 7.94. The first-order valence-corrected chi connectivity index (χ1v) is 10.1. The summed E-state index contributed by atoms with van der Waals surface area (Å²) >= 11 is 0. The van der Waals surface area contributed by atoms with E-state index in [2.05, 4.69) is 5.32 Å². The number of carbonyl (C=O) groups excluding carboxylic acids is 1. The lowest BCUT2D eigenvalue weighted by Gasteiger charge is -2.20. The Morgan fingerprint density at radius 2 is 1.83 bits per heavy atom. The van der Waals surface area contributed by atoms with E-state index in [1.165, 1.54) is 0 Å². The molecule has 2 heterocycles. The lowest BCUT2D eigenvalue weighted by atomic mass is 9.97. The van der Waals surface area contributed by atoms with Gasteiger partial charge in [-0.15, -0.1) is 0 Å². The number of benzene rings is 1. The molecule has 0 saturated carbocycles. The highest BCUT2D eigenvalue weighted by molar-refractivity contribution is 5.99. The van der Waals surface area contributed by atoms with E-state index in [0.29, 0.717) is 23.2 Å². The number of carboxylic acid groups (broad SMARTS) is 1. The number of aliphatic carboxylic acids is 1. The molecule has 0 radical (unpaired) electrons. The third-order valence-electron chi connectivity index (χ3n) is 5.93. The summed E-state index contributed by atoms with van der Waals surface area (Å²) < 4.78 is 11.2. The molecule has 0 spiro atoms. The van der Waals surface area contributed by atoms with Crippen molar-refractivity contribution in [3.8, 4) is 0 Å². The van der Waals surface area contributed by atoms with E-state index in [4.69, 9.17) is 8.83 Å². The average Bonchev–Trinajstić information content (AvgIpc) is 3.07. The van der Waals surface area contributed by atoms with E-state index >= 15 is 0 Å². The predicted molar refractivity (Wildman–Crippen MR) is 114 cm³/mol. The van der Waals surface area contributed by atoms with Gasteiger partial charge in [0.1, 0.15) is 17.2 Å². The van der Waals surface area contributed by atoms with Crippen molar-refractivity contribution in [2.75, 3.05) is 0 Å². The van der Waals surface area contributed by atoms with Gasteiger partial charge in [0.25, 0.3) is 0 Å². The molecule has 0 aliphatic rings. The van der Waals surface area contributed by atoms with Gasteiger partial charge < -0.3 is 19.3 Å². The zero-order valence-corrected chi connectivity index (χ0v) is 17.9. The standard InChI is InChI=1S/C23H27NO6/c1-6-11(2)19(22(26)27)24-18(25)8-7-15-13(4)17-9-16-12(3)10-29-20(16)14(5)21(17)30-23(15)28/h9-11,19H,6-8H2,1-5H3,(H,24,25)(H,26,27)/t11-,19+/m1/s1. The fraction of sp³-hybridized carbons (Fsp3) is 0.435. The van der Waals surface area contributed by atoms with Crippen molar-refractivity contribution >= 4 is 33.8 Å². The molecule has 3 rings (SSSR count). The molecule has 7 heteroatoms. The fourth-order valence-electron chi connectivity index (χ4n) is 3.77. The second kappa shape index (κ2) is 8.34. The van der Waals surface area contributed by atoms with Crippen molar-refractivity contribution in [2.24, 2.45) is 5.92 Å². The van der Waals surface area contributed by atoms with Gasteiger partial charge in [-0.25, -0.2) is 9.59 Å². The van der Waals surface area contributed by atoms with Crippen molar-refractivity contribution < 1.29 is 23.5 Å². The molecule has 0 fully saturated rings. The normalized spacial score (nSPS) is 13.5. The summed E-state index contributed by atoms with van der Waals surface area (Å²) in [6.07, 6.45) is 2.48. The van der Waals surface area contributed by atoms with Gasteiger partial charge in [0.15, 0.2) is 0 Å². The largest absolute Gasteiger partial charge is 0.480 e. The molecule has 3 aromatic rings. The Hall–Kier alpha value is -3.09. The molecule has 160 valence electrons. The summed E-state index contributed by atoms with van der Waals surface area (Å²) in [5.74, 6) is -1.66. The van der Waals surface area contributed by atoms with E-state index in [0.717, 1.165) is 27.5 Å². The van der Waals surface area contributed by atoms with Gasteiger partial charge in [0.05, 0.1) is 6.26 Å². The van der Waals surface area contributed by atoms with Crippen molar-refractivity contribution in [3.63, 3.8) is 0 Å². The smallest absolute Gasteiger partial charge is 0.339 e. The van der Waals surface area contributed by atoms with Crippen molar-refractivity contribution in [1.82, 2.24) is 5.32 Å². The van der Waals surface area contributed by atoms with Gasteiger partial charge in [-0.3, -0.25) is 4.79 Å². The molecule has 0 saturated heterocycles. The molecule has 30 heavy (non-hydrogen) atoms. The molecule has 0 bridgehead atoms. The lowest BCUT2D eigenvalue weighted by molar-refractivity contribution is -0.143. The minimum absolute atomic E-state index is 0.00326. The molecule has 0 aliphatic heterocycles. The lowest BCUT2D eigenvalue weighted by Crippen LogP contribution is -2.45. The zero-order chi connectivity index (χ0) is 22.2. The number of amides is 1. The maximum atomic E-state index is 12.6. The van der Waals surface area contributed by atoms with E-state index < -0.39 is 23.5 Å². The number of fused-ring (bicyclic) bond motifs is 2. The monoisotopic (exact) mass is 413 g/mol.